The third-order valence-corrected chi connectivity index (χ3v) is 3.43. The highest BCUT2D eigenvalue weighted by Gasteiger charge is 2.31. The number of rotatable bonds is 4. The van der Waals surface area contributed by atoms with E-state index in [4.69, 9.17) is 10.5 Å². The van der Waals surface area contributed by atoms with E-state index in [-0.39, 0.29) is 11.8 Å². The van der Waals surface area contributed by atoms with Crippen molar-refractivity contribution in [3.63, 3.8) is 0 Å². The Morgan fingerprint density at radius 3 is 2.55 bits per heavy atom. The van der Waals surface area contributed by atoms with Crippen LogP contribution in [0.4, 0.5) is 13.2 Å². The zero-order chi connectivity index (χ0) is 14.6. The topological polar surface area (TPSA) is 44.5 Å². The van der Waals surface area contributed by atoms with Crippen molar-refractivity contribution in [1.29, 1.82) is 0 Å². The minimum Gasteiger partial charge on any atom is -0.406 e. The molecule has 0 aromatic heterocycles. The molecule has 0 amide bonds. The zero-order valence-electron chi connectivity index (χ0n) is 11.0. The molecule has 2 rings (SSSR count). The van der Waals surface area contributed by atoms with E-state index < -0.39 is 6.36 Å². The number of hydrogen-bond donors (Lipinski definition) is 1. The van der Waals surface area contributed by atoms with Gasteiger partial charge >= 0.3 is 6.36 Å². The minimum absolute atomic E-state index is 0.0373. The molecule has 6 heteroatoms. The minimum atomic E-state index is -4.66. The first kappa shape index (κ1) is 15.1. The van der Waals surface area contributed by atoms with Crippen molar-refractivity contribution in [3.8, 4) is 5.75 Å². The van der Waals surface area contributed by atoms with Crippen LogP contribution in [0.25, 0.3) is 0 Å². The van der Waals surface area contributed by atoms with Gasteiger partial charge in [-0.25, -0.2) is 0 Å². The maximum Gasteiger partial charge on any atom is 0.573 e. The summed E-state index contributed by atoms with van der Waals surface area (Å²) >= 11 is 0. The first-order valence-corrected chi connectivity index (χ1v) is 6.62. The fourth-order valence-electron chi connectivity index (χ4n) is 2.37. The molecule has 1 aromatic rings. The zero-order valence-corrected chi connectivity index (χ0v) is 11.0. The van der Waals surface area contributed by atoms with Crippen LogP contribution in [0.5, 0.6) is 5.75 Å². The van der Waals surface area contributed by atoms with Gasteiger partial charge in [0.05, 0.1) is 6.61 Å². The van der Waals surface area contributed by atoms with E-state index in [2.05, 4.69) is 4.74 Å². The van der Waals surface area contributed by atoms with Crippen LogP contribution in [0.1, 0.15) is 18.4 Å². The van der Waals surface area contributed by atoms with Crippen molar-refractivity contribution >= 4 is 0 Å². The van der Waals surface area contributed by atoms with Gasteiger partial charge in [0, 0.05) is 12.6 Å². The van der Waals surface area contributed by atoms with E-state index >= 15 is 0 Å². The lowest BCUT2D eigenvalue weighted by Gasteiger charge is -2.27. The Balaban J connectivity index is 1.89. The highest BCUT2D eigenvalue weighted by molar-refractivity contribution is 5.28. The Bertz CT molecular complexity index is 413. The van der Waals surface area contributed by atoms with Gasteiger partial charge in [0.15, 0.2) is 0 Å². The summed E-state index contributed by atoms with van der Waals surface area (Å²) in [7, 11) is 0. The molecule has 0 bridgehead atoms. The summed E-state index contributed by atoms with van der Waals surface area (Å²) in [6.07, 6.45) is -1.98. The molecule has 1 aliphatic rings. The van der Waals surface area contributed by atoms with E-state index in [1.54, 1.807) is 12.1 Å². The number of benzene rings is 1. The van der Waals surface area contributed by atoms with E-state index in [1.807, 2.05) is 0 Å². The summed E-state index contributed by atoms with van der Waals surface area (Å²) in [6, 6.07) is 5.82. The molecule has 0 saturated carbocycles. The molecule has 2 N–H and O–H groups in total. The molecule has 0 aliphatic carbocycles. The summed E-state index contributed by atoms with van der Waals surface area (Å²) in [5.74, 6) is 0.102. The van der Waals surface area contributed by atoms with Gasteiger partial charge in [0.2, 0.25) is 0 Å². The monoisotopic (exact) mass is 289 g/mol. The number of ether oxygens (including phenoxy) is 2. The largest absolute Gasteiger partial charge is 0.573 e. The van der Waals surface area contributed by atoms with Gasteiger partial charge in [-0.2, -0.15) is 0 Å². The molecule has 2 unspecified atom stereocenters. The van der Waals surface area contributed by atoms with Crippen LogP contribution in [-0.2, 0) is 11.2 Å². The Labute approximate surface area is 115 Å². The molecular formula is C14H18F3NO2. The van der Waals surface area contributed by atoms with Gasteiger partial charge in [-0.1, -0.05) is 12.1 Å². The van der Waals surface area contributed by atoms with Crippen molar-refractivity contribution in [2.24, 2.45) is 11.7 Å². The molecule has 1 aromatic carbocycles. The summed E-state index contributed by atoms with van der Waals surface area (Å²) in [6.45, 7) is 1.45. The van der Waals surface area contributed by atoms with E-state index in [0.717, 1.165) is 25.0 Å². The van der Waals surface area contributed by atoms with Crippen LogP contribution >= 0.6 is 0 Å². The number of halogens is 3. The van der Waals surface area contributed by atoms with Gasteiger partial charge in [-0.05, 0) is 42.9 Å². The summed E-state index contributed by atoms with van der Waals surface area (Å²) in [5.41, 5.74) is 7.03. The molecule has 1 fully saturated rings. The highest BCUT2D eigenvalue weighted by atomic mass is 19.4. The standard InChI is InChI=1S/C14H18F3NO2/c15-14(16,17)20-12-5-3-10(4-6-12)8-13(18)11-2-1-7-19-9-11/h3-6,11,13H,1-2,7-9,18H2. The van der Waals surface area contributed by atoms with E-state index in [0.29, 0.717) is 18.9 Å². The molecule has 2 atom stereocenters. The van der Waals surface area contributed by atoms with Gasteiger partial charge < -0.3 is 15.2 Å². The van der Waals surface area contributed by atoms with Crippen molar-refractivity contribution < 1.29 is 22.6 Å². The first-order valence-electron chi connectivity index (χ1n) is 6.62. The van der Waals surface area contributed by atoms with Crippen molar-refractivity contribution in [1.82, 2.24) is 0 Å². The Morgan fingerprint density at radius 2 is 2.00 bits per heavy atom. The Hall–Kier alpha value is -1.27. The lowest BCUT2D eigenvalue weighted by molar-refractivity contribution is -0.274. The maximum absolute atomic E-state index is 12.0. The highest BCUT2D eigenvalue weighted by Crippen LogP contribution is 2.24. The second-order valence-corrected chi connectivity index (χ2v) is 5.04. The van der Waals surface area contributed by atoms with Gasteiger partial charge in [0.25, 0.3) is 0 Å². The number of alkyl halides is 3. The predicted octanol–water partition coefficient (Wildman–Crippen LogP) is 2.88. The maximum atomic E-state index is 12.0. The summed E-state index contributed by atoms with van der Waals surface area (Å²) in [5, 5.41) is 0. The summed E-state index contributed by atoms with van der Waals surface area (Å²) < 4.78 is 45.3. The predicted molar refractivity (Wildman–Crippen MR) is 68.3 cm³/mol. The van der Waals surface area contributed by atoms with Crippen LogP contribution in [0.15, 0.2) is 24.3 Å². The van der Waals surface area contributed by atoms with E-state index in [9.17, 15) is 13.2 Å². The lowest BCUT2D eigenvalue weighted by atomic mass is 9.90. The first-order chi connectivity index (χ1) is 9.44. The molecule has 112 valence electrons. The van der Waals surface area contributed by atoms with Crippen molar-refractivity contribution in [2.75, 3.05) is 13.2 Å². The Kier molecular flexibility index (Phi) is 4.88. The van der Waals surface area contributed by atoms with Gasteiger partial charge in [0.1, 0.15) is 5.75 Å². The fourth-order valence-corrected chi connectivity index (χ4v) is 2.37. The molecule has 1 aliphatic heterocycles. The van der Waals surface area contributed by atoms with Crippen LogP contribution in [0, 0.1) is 5.92 Å². The summed E-state index contributed by atoms with van der Waals surface area (Å²) in [4.78, 5) is 0. The third-order valence-electron chi connectivity index (χ3n) is 3.43. The van der Waals surface area contributed by atoms with Crippen LogP contribution in [0.3, 0.4) is 0 Å². The average molecular weight is 289 g/mol. The van der Waals surface area contributed by atoms with Gasteiger partial charge in [-0.3, -0.25) is 0 Å². The van der Waals surface area contributed by atoms with Crippen LogP contribution in [0.2, 0.25) is 0 Å². The fraction of sp³-hybridized carbons (Fsp3) is 0.571. The molecular weight excluding hydrogens is 271 g/mol. The molecule has 3 nitrogen and oxygen atoms in total. The second-order valence-electron chi connectivity index (χ2n) is 5.04. The third kappa shape index (κ3) is 4.68. The SMILES string of the molecule is NC(Cc1ccc(OC(F)(F)F)cc1)C1CCCOC1. The Morgan fingerprint density at radius 1 is 1.30 bits per heavy atom. The number of hydrogen-bond acceptors (Lipinski definition) is 3. The molecule has 1 saturated heterocycles. The lowest BCUT2D eigenvalue weighted by Crippen LogP contribution is -2.37. The van der Waals surface area contributed by atoms with Gasteiger partial charge in [-0.15, -0.1) is 13.2 Å². The van der Waals surface area contributed by atoms with Crippen molar-refractivity contribution in [3.05, 3.63) is 29.8 Å². The molecule has 0 spiro atoms. The molecule has 1 heterocycles. The quantitative estimate of drug-likeness (QED) is 0.927. The number of nitrogens with two attached hydrogens (primary N) is 1. The van der Waals surface area contributed by atoms with Crippen LogP contribution in [-0.4, -0.2) is 25.6 Å². The smallest absolute Gasteiger partial charge is 0.406 e. The second kappa shape index (κ2) is 6.45. The average Bonchev–Trinajstić information content (AvgIpc) is 2.40. The molecule has 0 radical (unpaired) electrons. The normalized spacial score (nSPS) is 21.5. The van der Waals surface area contributed by atoms with Crippen LogP contribution < -0.4 is 10.5 Å². The van der Waals surface area contributed by atoms with E-state index in [1.165, 1.54) is 12.1 Å². The van der Waals surface area contributed by atoms with Crippen molar-refractivity contribution in [2.45, 2.75) is 31.7 Å². The molecule has 20 heavy (non-hydrogen) atoms.